The Balaban J connectivity index is 1.42. The fourth-order valence-electron chi connectivity index (χ4n) is 6.40. The fourth-order valence-corrected chi connectivity index (χ4v) is 7.60. The van der Waals surface area contributed by atoms with Crippen LogP contribution in [0, 0.1) is 0 Å². The molecule has 0 aliphatic heterocycles. The van der Waals surface area contributed by atoms with Gasteiger partial charge < -0.3 is 4.57 Å². The summed E-state index contributed by atoms with van der Waals surface area (Å²) >= 11 is 1.83. The van der Waals surface area contributed by atoms with Crippen LogP contribution in [-0.2, 0) is 0 Å². The molecular weight excluding hydrogens is 494 g/mol. The van der Waals surface area contributed by atoms with E-state index in [4.69, 9.17) is 4.98 Å². The van der Waals surface area contributed by atoms with Gasteiger partial charge in [0.25, 0.3) is 0 Å². The predicted octanol–water partition coefficient (Wildman–Crippen LogP) is 9.64. The van der Waals surface area contributed by atoms with Crippen molar-refractivity contribution in [3.63, 3.8) is 0 Å². The number of hydrogen-bond acceptors (Lipinski definition) is 2. The molecule has 0 aliphatic carbocycles. The minimum atomic E-state index is 0.985. The molecule has 4 aromatic heterocycles. The summed E-state index contributed by atoms with van der Waals surface area (Å²) in [5, 5.41) is 7.56. The average molecular weight is 516 g/mol. The van der Waals surface area contributed by atoms with Crippen LogP contribution in [0.5, 0.6) is 0 Å². The smallest absolute Gasteiger partial charge is 0.155 e. The Morgan fingerprint density at radius 3 is 1.54 bits per heavy atom. The Morgan fingerprint density at radius 2 is 0.974 bits per heavy atom. The van der Waals surface area contributed by atoms with Crippen molar-refractivity contribution in [2.24, 2.45) is 0 Å². The van der Waals surface area contributed by atoms with Gasteiger partial charge in [-0.3, -0.25) is 4.57 Å². The molecule has 0 amide bonds. The number of pyridine rings is 1. The van der Waals surface area contributed by atoms with Crippen LogP contribution in [0.2, 0.25) is 0 Å². The van der Waals surface area contributed by atoms with E-state index in [0.29, 0.717) is 0 Å². The van der Waals surface area contributed by atoms with Crippen molar-refractivity contribution in [1.82, 2.24) is 14.1 Å². The van der Waals surface area contributed by atoms with Gasteiger partial charge in [0.2, 0.25) is 0 Å². The van der Waals surface area contributed by atoms with E-state index in [0.717, 1.165) is 5.82 Å². The van der Waals surface area contributed by atoms with Crippen molar-refractivity contribution < 1.29 is 0 Å². The SMILES string of the molecule is c1cc(-n2c3ccccc3c3ccccc32)c2c(c1)sc1c(-n3c4ccccc4c4ccccc43)nccc12. The molecule has 0 unspecified atom stereocenters. The van der Waals surface area contributed by atoms with Crippen LogP contribution in [0.25, 0.3) is 75.3 Å². The van der Waals surface area contributed by atoms with Crippen LogP contribution >= 0.6 is 11.3 Å². The molecule has 0 aliphatic rings. The topological polar surface area (TPSA) is 22.8 Å². The number of aromatic nitrogens is 3. The molecule has 4 heterocycles. The maximum Gasteiger partial charge on any atom is 0.155 e. The van der Waals surface area contributed by atoms with E-state index in [-0.39, 0.29) is 0 Å². The monoisotopic (exact) mass is 515 g/mol. The Morgan fingerprint density at radius 1 is 0.462 bits per heavy atom. The molecule has 0 saturated carbocycles. The molecule has 4 heteroatoms. The van der Waals surface area contributed by atoms with Crippen molar-refractivity contribution in [3.05, 3.63) is 128 Å². The van der Waals surface area contributed by atoms with Crippen molar-refractivity contribution in [3.8, 4) is 11.5 Å². The molecule has 0 bridgehead atoms. The molecular formula is C35H21N3S. The average Bonchev–Trinajstić information content (AvgIpc) is 3.65. The molecule has 3 nitrogen and oxygen atoms in total. The lowest BCUT2D eigenvalue weighted by atomic mass is 10.1. The second-order valence-electron chi connectivity index (χ2n) is 10.0. The summed E-state index contributed by atoms with van der Waals surface area (Å²) in [6.07, 6.45) is 1.97. The van der Waals surface area contributed by atoms with Crippen LogP contribution in [-0.4, -0.2) is 14.1 Å². The van der Waals surface area contributed by atoms with Gasteiger partial charge in [-0.1, -0.05) is 78.9 Å². The first kappa shape index (κ1) is 21.1. The highest BCUT2D eigenvalue weighted by Gasteiger charge is 2.20. The van der Waals surface area contributed by atoms with Crippen LogP contribution < -0.4 is 0 Å². The van der Waals surface area contributed by atoms with Gasteiger partial charge >= 0.3 is 0 Å². The molecule has 9 aromatic rings. The second-order valence-corrected chi connectivity index (χ2v) is 11.1. The first-order valence-corrected chi connectivity index (χ1v) is 14.0. The van der Waals surface area contributed by atoms with Crippen LogP contribution in [0.4, 0.5) is 0 Å². The van der Waals surface area contributed by atoms with E-state index >= 15 is 0 Å². The zero-order chi connectivity index (χ0) is 25.5. The third-order valence-electron chi connectivity index (χ3n) is 7.98. The maximum absolute atomic E-state index is 5.00. The second kappa shape index (κ2) is 7.79. The number of rotatable bonds is 2. The molecule has 0 saturated heterocycles. The summed E-state index contributed by atoms with van der Waals surface area (Å²) in [5.74, 6) is 0.985. The van der Waals surface area contributed by atoms with Crippen molar-refractivity contribution >= 4 is 75.1 Å². The lowest BCUT2D eigenvalue weighted by Gasteiger charge is -2.11. The number of benzene rings is 5. The van der Waals surface area contributed by atoms with Gasteiger partial charge in [0.1, 0.15) is 0 Å². The van der Waals surface area contributed by atoms with E-state index in [1.807, 2.05) is 17.5 Å². The highest BCUT2D eigenvalue weighted by Crippen LogP contribution is 2.43. The first-order valence-electron chi connectivity index (χ1n) is 13.2. The quantitative estimate of drug-likeness (QED) is 0.225. The normalized spacial score (nSPS) is 12.1. The molecule has 182 valence electrons. The molecule has 9 rings (SSSR count). The van der Waals surface area contributed by atoms with Crippen LogP contribution in [0.3, 0.4) is 0 Å². The number of thiophene rings is 1. The molecule has 0 radical (unpaired) electrons. The molecule has 0 atom stereocenters. The third-order valence-corrected chi connectivity index (χ3v) is 9.15. The number of fused-ring (bicyclic) bond motifs is 9. The summed E-state index contributed by atoms with van der Waals surface area (Å²) in [5.41, 5.74) is 6.01. The van der Waals surface area contributed by atoms with Crippen molar-refractivity contribution in [2.75, 3.05) is 0 Å². The Kier molecular flexibility index (Phi) is 4.21. The predicted molar refractivity (Wildman–Crippen MR) is 166 cm³/mol. The van der Waals surface area contributed by atoms with Gasteiger partial charge in [-0.05, 0) is 42.5 Å². The summed E-state index contributed by atoms with van der Waals surface area (Å²) in [7, 11) is 0. The first-order chi connectivity index (χ1) is 19.4. The highest BCUT2D eigenvalue weighted by atomic mass is 32.1. The van der Waals surface area contributed by atoms with Gasteiger partial charge in [-0.15, -0.1) is 11.3 Å². The third kappa shape index (κ3) is 2.78. The highest BCUT2D eigenvalue weighted by molar-refractivity contribution is 7.26. The Labute approximate surface area is 227 Å². The summed E-state index contributed by atoms with van der Waals surface area (Å²) in [6.45, 7) is 0. The van der Waals surface area contributed by atoms with Crippen LogP contribution in [0.15, 0.2) is 128 Å². The number of nitrogens with zero attached hydrogens (tertiary/aromatic N) is 3. The van der Waals surface area contributed by atoms with Gasteiger partial charge in [0.15, 0.2) is 5.82 Å². The van der Waals surface area contributed by atoms with Crippen molar-refractivity contribution in [2.45, 2.75) is 0 Å². The molecule has 0 spiro atoms. The van der Waals surface area contributed by atoms with Crippen LogP contribution in [0.1, 0.15) is 0 Å². The zero-order valence-electron chi connectivity index (χ0n) is 20.9. The number of hydrogen-bond donors (Lipinski definition) is 0. The van der Waals surface area contributed by atoms with E-state index < -0.39 is 0 Å². The largest absolute Gasteiger partial charge is 0.309 e. The molecule has 0 fully saturated rings. The lowest BCUT2D eigenvalue weighted by molar-refractivity contribution is 1.10. The molecule has 39 heavy (non-hydrogen) atoms. The van der Waals surface area contributed by atoms with Gasteiger partial charge in [0.05, 0.1) is 32.5 Å². The van der Waals surface area contributed by atoms with Gasteiger partial charge in [-0.2, -0.15) is 0 Å². The standard InChI is InChI=1S/C35H21N3S/c1-5-14-27-22(10-1)23-11-2-6-15-28(23)37(27)31-18-9-19-32-33(31)26-20-21-36-35(34(26)39-32)38-29-16-7-3-12-24(29)25-13-4-8-17-30(25)38/h1-21H. The van der Waals surface area contributed by atoms with E-state index in [9.17, 15) is 0 Å². The van der Waals surface area contributed by atoms with Gasteiger partial charge in [0, 0.05) is 43.2 Å². The summed E-state index contributed by atoms with van der Waals surface area (Å²) in [6, 6.07) is 43.6. The zero-order valence-corrected chi connectivity index (χ0v) is 21.7. The fraction of sp³-hybridized carbons (Fsp3) is 0. The molecule has 5 aromatic carbocycles. The van der Waals surface area contributed by atoms with E-state index in [1.165, 1.54) is 69.5 Å². The van der Waals surface area contributed by atoms with Crippen molar-refractivity contribution in [1.29, 1.82) is 0 Å². The lowest BCUT2D eigenvalue weighted by Crippen LogP contribution is -1.97. The minimum Gasteiger partial charge on any atom is -0.309 e. The van der Waals surface area contributed by atoms with E-state index in [1.54, 1.807) is 0 Å². The van der Waals surface area contributed by atoms with E-state index in [2.05, 4.69) is 130 Å². The minimum absolute atomic E-state index is 0.985. The van der Waals surface area contributed by atoms with Gasteiger partial charge in [-0.25, -0.2) is 4.98 Å². The summed E-state index contributed by atoms with van der Waals surface area (Å²) < 4.78 is 7.23. The Bertz CT molecular complexity index is 2300. The Hall–Kier alpha value is -4.93. The number of para-hydroxylation sites is 4. The maximum atomic E-state index is 5.00. The molecule has 0 N–H and O–H groups in total. The summed E-state index contributed by atoms with van der Waals surface area (Å²) in [4.78, 5) is 5.00.